The molecule has 0 aromatic heterocycles. The molecule has 0 aliphatic carbocycles. The molecule has 0 saturated heterocycles. The molecule has 0 N–H and O–H groups in total. The van der Waals surface area contributed by atoms with Gasteiger partial charge in [-0.3, -0.25) is 4.79 Å². The molecule has 0 aliphatic rings. The van der Waals surface area contributed by atoms with Gasteiger partial charge in [-0.15, -0.1) is 0 Å². The van der Waals surface area contributed by atoms with Gasteiger partial charge in [0.25, 0.3) is 0 Å². The van der Waals surface area contributed by atoms with Crippen molar-refractivity contribution in [2.45, 2.75) is 0 Å². The Kier molecular flexibility index (Phi) is 3.22. The Balaban J connectivity index is 2.53. The van der Waals surface area contributed by atoms with E-state index in [2.05, 4.69) is 6.07 Å². The molecule has 0 atom stereocenters. The molecule has 0 unspecified atom stereocenters. The van der Waals surface area contributed by atoms with E-state index in [1.165, 1.54) is 0 Å². The van der Waals surface area contributed by atoms with Gasteiger partial charge in [-0.25, -0.2) is 0 Å². The van der Waals surface area contributed by atoms with Crippen molar-refractivity contribution in [1.29, 1.82) is 5.26 Å². The molecule has 0 fully saturated rings. The lowest BCUT2D eigenvalue weighted by molar-refractivity contribution is 0.112. The quantitative estimate of drug-likeness (QED) is 0.753. The van der Waals surface area contributed by atoms with E-state index >= 15 is 0 Å². The average molecular weight is 242 g/mol. The monoisotopic (exact) mass is 241 g/mol. The fourth-order valence-electron chi connectivity index (χ4n) is 1.58. The Labute approximate surface area is 104 Å². The number of nitriles is 1. The van der Waals surface area contributed by atoms with Crippen LogP contribution in [0.1, 0.15) is 15.9 Å². The number of carbonyl (C=O) groups excluding carboxylic acids is 1. The maximum atomic E-state index is 10.8. The minimum atomic E-state index is 0.431. The maximum absolute atomic E-state index is 10.8. The predicted octanol–water partition coefficient (Wildman–Crippen LogP) is 3.69. The maximum Gasteiger partial charge on any atom is 0.151 e. The first-order valence-corrected chi connectivity index (χ1v) is 5.37. The lowest BCUT2D eigenvalue weighted by atomic mass is 10.0. The van der Waals surface area contributed by atoms with Gasteiger partial charge in [-0.2, -0.15) is 5.26 Å². The summed E-state index contributed by atoms with van der Waals surface area (Å²) in [5.74, 6) is 0. The summed E-state index contributed by atoms with van der Waals surface area (Å²) in [6.07, 6.45) is 0.722. The summed E-state index contributed by atoms with van der Waals surface area (Å²) in [6.45, 7) is 0. The summed E-state index contributed by atoms with van der Waals surface area (Å²) in [7, 11) is 0. The van der Waals surface area contributed by atoms with Crippen LogP contribution in [0.2, 0.25) is 5.02 Å². The van der Waals surface area contributed by atoms with Crippen LogP contribution in [-0.2, 0) is 0 Å². The minimum Gasteiger partial charge on any atom is -0.298 e. The van der Waals surface area contributed by atoms with Gasteiger partial charge in [0, 0.05) is 5.56 Å². The second-order valence-corrected chi connectivity index (χ2v) is 3.95. The first-order chi connectivity index (χ1) is 8.24. The van der Waals surface area contributed by atoms with Gasteiger partial charge in [-0.05, 0) is 35.4 Å². The van der Waals surface area contributed by atoms with Crippen LogP contribution < -0.4 is 0 Å². The topological polar surface area (TPSA) is 40.9 Å². The molecule has 2 aromatic rings. The third-order valence-corrected chi connectivity index (χ3v) is 2.79. The SMILES string of the molecule is N#Cc1cccc(-c2ccc(Cl)c(C=O)c2)c1. The normalized spacial score (nSPS) is 9.65. The molecule has 0 bridgehead atoms. The van der Waals surface area contributed by atoms with Crippen LogP contribution in [0.15, 0.2) is 42.5 Å². The zero-order chi connectivity index (χ0) is 12.3. The zero-order valence-corrected chi connectivity index (χ0v) is 9.61. The number of nitrogens with zero attached hydrogens (tertiary/aromatic N) is 1. The fraction of sp³-hybridized carbons (Fsp3) is 0. The van der Waals surface area contributed by atoms with E-state index in [0.717, 1.165) is 17.4 Å². The number of hydrogen-bond donors (Lipinski definition) is 0. The van der Waals surface area contributed by atoms with Gasteiger partial charge in [0.1, 0.15) is 0 Å². The van der Waals surface area contributed by atoms with Crippen LogP contribution in [-0.4, -0.2) is 6.29 Å². The highest BCUT2D eigenvalue weighted by Crippen LogP contribution is 2.24. The lowest BCUT2D eigenvalue weighted by Crippen LogP contribution is -1.85. The van der Waals surface area contributed by atoms with Crippen molar-refractivity contribution < 1.29 is 4.79 Å². The summed E-state index contributed by atoms with van der Waals surface area (Å²) in [5.41, 5.74) is 2.80. The van der Waals surface area contributed by atoms with Gasteiger partial charge >= 0.3 is 0 Å². The largest absolute Gasteiger partial charge is 0.298 e. The molecule has 3 heteroatoms. The highest BCUT2D eigenvalue weighted by molar-refractivity contribution is 6.33. The van der Waals surface area contributed by atoms with E-state index < -0.39 is 0 Å². The van der Waals surface area contributed by atoms with E-state index in [9.17, 15) is 4.79 Å². The second-order valence-electron chi connectivity index (χ2n) is 3.55. The first kappa shape index (κ1) is 11.4. The van der Waals surface area contributed by atoms with E-state index in [1.807, 2.05) is 18.2 Å². The molecule has 0 saturated carbocycles. The molecule has 17 heavy (non-hydrogen) atoms. The molecular weight excluding hydrogens is 234 g/mol. The molecule has 2 aromatic carbocycles. The Morgan fingerprint density at radius 3 is 2.59 bits per heavy atom. The van der Waals surface area contributed by atoms with Crippen molar-refractivity contribution in [2.24, 2.45) is 0 Å². The third kappa shape index (κ3) is 2.35. The number of aldehydes is 1. The molecule has 2 rings (SSSR count). The van der Waals surface area contributed by atoms with Crippen molar-refractivity contribution in [3.05, 3.63) is 58.6 Å². The Morgan fingerprint density at radius 2 is 1.88 bits per heavy atom. The molecule has 0 heterocycles. The summed E-state index contributed by atoms with van der Waals surface area (Å²) in [6, 6.07) is 14.5. The first-order valence-electron chi connectivity index (χ1n) is 5.00. The number of hydrogen-bond acceptors (Lipinski definition) is 2. The highest BCUT2D eigenvalue weighted by Gasteiger charge is 2.03. The van der Waals surface area contributed by atoms with Gasteiger partial charge in [-0.1, -0.05) is 29.8 Å². The van der Waals surface area contributed by atoms with E-state index in [0.29, 0.717) is 16.1 Å². The number of benzene rings is 2. The number of rotatable bonds is 2. The van der Waals surface area contributed by atoms with Crippen LogP contribution >= 0.6 is 11.6 Å². The number of halogens is 1. The van der Waals surface area contributed by atoms with E-state index in [1.54, 1.807) is 24.3 Å². The van der Waals surface area contributed by atoms with Crippen LogP contribution in [0, 0.1) is 11.3 Å². The van der Waals surface area contributed by atoms with Crippen LogP contribution in [0.4, 0.5) is 0 Å². The van der Waals surface area contributed by atoms with Crippen molar-refractivity contribution in [3.8, 4) is 17.2 Å². The van der Waals surface area contributed by atoms with Gasteiger partial charge < -0.3 is 0 Å². The molecule has 0 radical (unpaired) electrons. The zero-order valence-electron chi connectivity index (χ0n) is 8.85. The van der Waals surface area contributed by atoms with Crippen molar-refractivity contribution in [2.75, 3.05) is 0 Å². The van der Waals surface area contributed by atoms with Gasteiger partial charge in [0.05, 0.1) is 16.7 Å². The minimum absolute atomic E-state index is 0.431. The molecule has 2 nitrogen and oxygen atoms in total. The summed E-state index contributed by atoms with van der Waals surface area (Å²) < 4.78 is 0. The molecule has 0 spiro atoms. The van der Waals surface area contributed by atoms with Crippen molar-refractivity contribution in [3.63, 3.8) is 0 Å². The van der Waals surface area contributed by atoms with Gasteiger partial charge in [0.2, 0.25) is 0 Å². The standard InChI is InChI=1S/C14H8ClNO/c15-14-5-4-12(7-13(14)9-17)11-3-1-2-10(6-11)8-16/h1-7,9H. The van der Waals surface area contributed by atoms with Crippen LogP contribution in [0.3, 0.4) is 0 Å². The molecule has 0 aliphatic heterocycles. The third-order valence-electron chi connectivity index (χ3n) is 2.45. The Bertz CT molecular complexity index is 614. The van der Waals surface area contributed by atoms with E-state index in [4.69, 9.17) is 16.9 Å². The molecule has 82 valence electrons. The molecule has 0 amide bonds. The Hall–Kier alpha value is -2.11. The van der Waals surface area contributed by atoms with Crippen LogP contribution in [0.25, 0.3) is 11.1 Å². The van der Waals surface area contributed by atoms with Crippen molar-refractivity contribution >= 4 is 17.9 Å². The molecular formula is C14H8ClNO. The average Bonchev–Trinajstić information content (AvgIpc) is 2.39. The lowest BCUT2D eigenvalue weighted by Gasteiger charge is -2.04. The number of carbonyl (C=O) groups is 1. The van der Waals surface area contributed by atoms with E-state index in [-0.39, 0.29) is 0 Å². The summed E-state index contributed by atoms with van der Waals surface area (Å²) in [4.78, 5) is 10.8. The summed E-state index contributed by atoms with van der Waals surface area (Å²) in [5, 5.41) is 9.26. The smallest absolute Gasteiger partial charge is 0.151 e. The summed E-state index contributed by atoms with van der Waals surface area (Å²) >= 11 is 5.86. The fourth-order valence-corrected chi connectivity index (χ4v) is 1.74. The second kappa shape index (κ2) is 4.82. The van der Waals surface area contributed by atoms with Gasteiger partial charge in [0.15, 0.2) is 6.29 Å². The predicted molar refractivity (Wildman–Crippen MR) is 67.0 cm³/mol. The van der Waals surface area contributed by atoms with Crippen LogP contribution in [0.5, 0.6) is 0 Å². The Morgan fingerprint density at radius 1 is 1.12 bits per heavy atom. The van der Waals surface area contributed by atoms with Crippen molar-refractivity contribution in [1.82, 2.24) is 0 Å². The highest BCUT2D eigenvalue weighted by atomic mass is 35.5.